The maximum atomic E-state index is 10.2. The molecule has 0 aliphatic rings. The molecule has 104 valence electrons. The number of carbonyl (C=O) groups is 1. The highest BCUT2D eigenvalue weighted by molar-refractivity contribution is 5.66. The van der Waals surface area contributed by atoms with Crippen molar-refractivity contribution in [3.63, 3.8) is 0 Å². The molecule has 0 atom stereocenters. The van der Waals surface area contributed by atoms with Crippen LogP contribution in [0, 0.1) is 12.3 Å². The highest BCUT2D eigenvalue weighted by Gasteiger charge is 1.96. The molecule has 0 unspecified atom stereocenters. The fourth-order valence-corrected chi connectivity index (χ4v) is 0.950. The molecule has 0 radical (unpaired) electrons. The summed E-state index contributed by atoms with van der Waals surface area (Å²) in [5.41, 5.74) is 0. The molecule has 0 aliphatic heterocycles. The molecule has 0 bridgehead atoms. The molecule has 0 rings (SSSR count). The van der Waals surface area contributed by atoms with Crippen molar-refractivity contribution in [1.29, 1.82) is 0 Å². The van der Waals surface area contributed by atoms with Gasteiger partial charge in [0.05, 0.1) is 52.7 Å². The van der Waals surface area contributed by atoms with Gasteiger partial charge in [-0.2, -0.15) is 0 Å². The second kappa shape index (κ2) is 13.9. The van der Waals surface area contributed by atoms with Crippen LogP contribution >= 0.6 is 0 Å². The molecule has 0 heterocycles. The Bertz CT molecular complexity index is 235. The molecular formula is C12H20O6. The number of terminal acetylenes is 1. The van der Waals surface area contributed by atoms with Crippen molar-refractivity contribution in [3.8, 4) is 12.3 Å². The van der Waals surface area contributed by atoms with Gasteiger partial charge in [0.25, 0.3) is 0 Å². The van der Waals surface area contributed by atoms with E-state index in [1.165, 1.54) is 0 Å². The summed E-state index contributed by atoms with van der Waals surface area (Å²) in [4.78, 5) is 10.2. The lowest BCUT2D eigenvalue weighted by atomic mass is 10.5. The van der Waals surface area contributed by atoms with Crippen LogP contribution in [-0.4, -0.2) is 63.9 Å². The van der Waals surface area contributed by atoms with Crippen LogP contribution in [-0.2, 0) is 23.7 Å². The van der Waals surface area contributed by atoms with Crippen LogP contribution in [0.4, 0.5) is 0 Å². The molecule has 0 aromatic carbocycles. The summed E-state index contributed by atoms with van der Waals surface area (Å²) in [6.45, 7) is 3.24. The van der Waals surface area contributed by atoms with E-state index in [-0.39, 0.29) is 13.0 Å². The minimum Gasteiger partial charge on any atom is -0.481 e. The second-order valence-electron chi connectivity index (χ2n) is 3.24. The molecule has 1 N–H and O–H groups in total. The van der Waals surface area contributed by atoms with Gasteiger partial charge < -0.3 is 24.1 Å². The average Bonchev–Trinajstić information content (AvgIpc) is 2.34. The first kappa shape index (κ1) is 16.9. The van der Waals surface area contributed by atoms with E-state index in [9.17, 15) is 4.79 Å². The van der Waals surface area contributed by atoms with Crippen LogP contribution < -0.4 is 0 Å². The first-order chi connectivity index (χ1) is 8.77. The third-order valence-corrected chi connectivity index (χ3v) is 1.76. The average molecular weight is 260 g/mol. The van der Waals surface area contributed by atoms with Gasteiger partial charge in [0.15, 0.2) is 0 Å². The Morgan fingerprint density at radius 2 is 1.33 bits per heavy atom. The Morgan fingerprint density at radius 1 is 0.889 bits per heavy atom. The summed E-state index contributed by atoms with van der Waals surface area (Å²) in [6.07, 6.45) is 5.01. The van der Waals surface area contributed by atoms with Gasteiger partial charge >= 0.3 is 5.97 Å². The molecule has 0 saturated heterocycles. The Hall–Kier alpha value is -1.13. The molecule has 0 aromatic heterocycles. The normalized spacial score (nSPS) is 10.2. The molecule has 0 fully saturated rings. The largest absolute Gasteiger partial charge is 0.481 e. The standard InChI is InChI=1S/C12H20O6/c1-2-4-15-6-8-17-10-11-18-9-7-16-5-3-12(13)14/h1H,3-11H2,(H,13,14). The zero-order chi connectivity index (χ0) is 13.5. The van der Waals surface area contributed by atoms with Crippen LogP contribution in [0.2, 0.25) is 0 Å². The predicted molar refractivity (Wildman–Crippen MR) is 64.4 cm³/mol. The van der Waals surface area contributed by atoms with Gasteiger partial charge in [0.1, 0.15) is 6.61 Å². The van der Waals surface area contributed by atoms with E-state index in [2.05, 4.69) is 5.92 Å². The SMILES string of the molecule is C#CCOCCOCCOCCOCCC(=O)O. The quantitative estimate of drug-likeness (QED) is 0.375. The Kier molecular flexibility index (Phi) is 13.1. The number of ether oxygens (including phenoxy) is 4. The van der Waals surface area contributed by atoms with Crippen molar-refractivity contribution >= 4 is 5.97 Å². The van der Waals surface area contributed by atoms with E-state index in [1.54, 1.807) is 0 Å². The summed E-state index contributed by atoms with van der Waals surface area (Å²) in [5.74, 6) is 1.49. The van der Waals surface area contributed by atoms with Crippen LogP contribution in [0.15, 0.2) is 0 Å². The fraction of sp³-hybridized carbons (Fsp3) is 0.750. The minimum atomic E-state index is -0.864. The zero-order valence-corrected chi connectivity index (χ0v) is 10.4. The maximum absolute atomic E-state index is 10.2. The number of rotatable bonds is 13. The van der Waals surface area contributed by atoms with Crippen molar-refractivity contribution in [2.45, 2.75) is 6.42 Å². The fourth-order valence-electron chi connectivity index (χ4n) is 0.950. The lowest BCUT2D eigenvalue weighted by Crippen LogP contribution is -2.12. The molecule has 0 spiro atoms. The predicted octanol–water partition coefficient (Wildman–Crippen LogP) is 0.161. The highest BCUT2D eigenvalue weighted by Crippen LogP contribution is 1.85. The topological polar surface area (TPSA) is 74.2 Å². The van der Waals surface area contributed by atoms with Gasteiger partial charge in [-0.3, -0.25) is 4.79 Å². The smallest absolute Gasteiger partial charge is 0.305 e. The third-order valence-electron chi connectivity index (χ3n) is 1.76. The number of hydrogen-bond acceptors (Lipinski definition) is 5. The van der Waals surface area contributed by atoms with Crippen LogP contribution in [0.1, 0.15) is 6.42 Å². The molecular weight excluding hydrogens is 240 g/mol. The summed E-state index contributed by atoms with van der Waals surface area (Å²) in [5, 5.41) is 8.34. The van der Waals surface area contributed by atoms with Gasteiger partial charge in [-0.15, -0.1) is 6.42 Å². The van der Waals surface area contributed by atoms with Crippen LogP contribution in [0.5, 0.6) is 0 Å². The molecule has 6 nitrogen and oxygen atoms in total. The summed E-state index contributed by atoms with van der Waals surface area (Å²) in [7, 11) is 0. The van der Waals surface area contributed by atoms with Crippen molar-refractivity contribution in [3.05, 3.63) is 0 Å². The van der Waals surface area contributed by atoms with E-state index < -0.39 is 5.97 Å². The van der Waals surface area contributed by atoms with Gasteiger partial charge in [-0.25, -0.2) is 0 Å². The molecule has 18 heavy (non-hydrogen) atoms. The van der Waals surface area contributed by atoms with E-state index in [4.69, 9.17) is 30.5 Å². The second-order valence-corrected chi connectivity index (χ2v) is 3.24. The molecule has 0 aromatic rings. The Morgan fingerprint density at radius 3 is 1.78 bits per heavy atom. The summed E-state index contributed by atoms with van der Waals surface area (Å²) < 4.78 is 20.4. The number of hydrogen-bond donors (Lipinski definition) is 1. The van der Waals surface area contributed by atoms with E-state index in [0.29, 0.717) is 46.2 Å². The molecule has 0 aliphatic carbocycles. The van der Waals surface area contributed by atoms with Gasteiger partial charge in [-0.1, -0.05) is 5.92 Å². The first-order valence-electron chi connectivity index (χ1n) is 5.73. The number of aliphatic carboxylic acids is 1. The van der Waals surface area contributed by atoms with Gasteiger partial charge in [-0.05, 0) is 0 Å². The van der Waals surface area contributed by atoms with Crippen LogP contribution in [0.3, 0.4) is 0 Å². The van der Waals surface area contributed by atoms with Crippen molar-refractivity contribution in [2.75, 3.05) is 52.9 Å². The highest BCUT2D eigenvalue weighted by atomic mass is 16.6. The lowest BCUT2D eigenvalue weighted by molar-refractivity contribution is -0.138. The lowest BCUT2D eigenvalue weighted by Gasteiger charge is -2.06. The first-order valence-corrected chi connectivity index (χ1v) is 5.73. The monoisotopic (exact) mass is 260 g/mol. The summed E-state index contributed by atoms with van der Waals surface area (Å²) >= 11 is 0. The van der Waals surface area contributed by atoms with E-state index >= 15 is 0 Å². The van der Waals surface area contributed by atoms with E-state index in [0.717, 1.165) is 0 Å². The van der Waals surface area contributed by atoms with Crippen molar-refractivity contribution in [2.24, 2.45) is 0 Å². The van der Waals surface area contributed by atoms with Gasteiger partial charge in [0, 0.05) is 0 Å². The Labute approximate surface area is 107 Å². The molecule has 0 amide bonds. The third kappa shape index (κ3) is 14.9. The van der Waals surface area contributed by atoms with Crippen molar-refractivity contribution < 1.29 is 28.8 Å². The van der Waals surface area contributed by atoms with Gasteiger partial charge in [0.2, 0.25) is 0 Å². The number of carboxylic acids is 1. The summed E-state index contributed by atoms with van der Waals surface area (Å²) in [6, 6.07) is 0. The van der Waals surface area contributed by atoms with Crippen molar-refractivity contribution in [1.82, 2.24) is 0 Å². The van der Waals surface area contributed by atoms with E-state index in [1.807, 2.05) is 0 Å². The Balaban J connectivity index is 2.95. The minimum absolute atomic E-state index is 0.0147. The maximum Gasteiger partial charge on any atom is 0.305 e. The molecule has 6 heteroatoms. The van der Waals surface area contributed by atoms with Crippen LogP contribution in [0.25, 0.3) is 0 Å². The molecule has 0 saturated carbocycles. The number of carboxylic acid groups (broad SMARTS) is 1. The zero-order valence-electron chi connectivity index (χ0n) is 10.4.